The maximum absolute atomic E-state index is 12.0. The van der Waals surface area contributed by atoms with Gasteiger partial charge in [0.05, 0.1) is 0 Å². The Morgan fingerprint density at radius 2 is 1.67 bits per heavy atom. The van der Waals surface area contributed by atoms with E-state index in [0.29, 0.717) is 0 Å². The molecule has 1 aromatic rings. The number of hydrogen-bond acceptors (Lipinski definition) is 4. The molecule has 0 fully saturated rings. The molecule has 114 valence electrons. The molecule has 0 saturated carbocycles. The third kappa shape index (κ3) is 5.50. The maximum Gasteiger partial charge on any atom is 0.317 e. The molecule has 0 aliphatic carbocycles. The third-order valence-electron chi connectivity index (χ3n) is 3.23. The lowest BCUT2D eigenvalue weighted by Gasteiger charge is -2.19. The highest BCUT2D eigenvalue weighted by molar-refractivity contribution is 6.02. The monoisotopic (exact) mass is 290 g/mol. The minimum absolute atomic E-state index is 0.104. The van der Waals surface area contributed by atoms with Gasteiger partial charge in [-0.3, -0.25) is 14.4 Å². The molecule has 0 aliphatic heterocycles. The molecule has 0 bridgehead atoms. The van der Waals surface area contributed by atoms with Crippen molar-refractivity contribution in [3.05, 3.63) is 35.9 Å². The first-order chi connectivity index (χ1) is 9.71. The second kappa shape index (κ2) is 7.16. The molecule has 0 spiro atoms. The molecule has 21 heavy (non-hydrogen) atoms. The van der Waals surface area contributed by atoms with Gasteiger partial charge in [-0.05, 0) is 12.5 Å². The molecule has 4 nitrogen and oxygen atoms in total. The predicted molar refractivity (Wildman–Crippen MR) is 79.5 cm³/mol. The van der Waals surface area contributed by atoms with Crippen molar-refractivity contribution < 1.29 is 19.1 Å². The highest BCUT2D eigenvalue weighted by Gasteiger charge is 2.32. The zero-order chi connectivity index (χ0) is 16.0. The van der Waals surface area contributed by atoms with Crippen LogP contribution in [0.2, 0.25) is 0 Å². The first kappa shape index (κ1) is 17.1. The van der Waals surface area contributed by atoms with Crippen LogP contribution in [0.15, 0.2) is 30.3 Å². The van der Waals surface area contributed by atoms with Crippen molar-refractivity contribution in [3.63, 3.8) is 0 Å². The average molecular weight is 290 g/mol. The Bertz CT molecular complexity index is 511. The number of esters is 1. The van der Waals surface area contributed by atoms with Gasteiger partial charge in [0.1, 0.15) is 24.1 Å². The minimum atomic E-state index is -1.01. The summed E-state index contributed by atoms with van der Waals surface area (Å²) >= 11 is 0. The Kier molecular flexibility index (Phi) is 5.82. The van der Waals surface area contributed by atoms with Crippen LogP contribution in [0.4, 0.5) is 0 Å². The quantitative estimate of drug-likeness (QED) is 0.597. The smallest absolute Gasteiger partial charge is 0.317 e. The number of ketones is 2. The van der Waals surface area contributed by atoms with Crippen LogP contribution < -0.4 is 0 Å². The summed E-state index contributed by atoms with van der Waals surface area (Å²) in [7, 11) is 0. The van der Waals surface area contributed by atoms with E-state index in [1.54, 1.807) is 20.8 Å². The van der Waals surface area contributed by atoms with E-state index >= 15 is 0 Å². The molecule has 1 aromatic carbocycles. The van der Waals surface area contributed by atoms with Gasteiger partial charge in [0.15, 0.2) is 0 Å². The van der Waals surface area contributed by atoms with E-state index in [1.165, 1.54) is 6.92 Å². The van der Waals surface area contributed by atoms with Crippen LogP contribution >= 0.6 is 0 Å². The Morgan fingerprint density at radius 1 is 1.10 bits per heavy atom. The maximum atomic E-state index is 12.0. The van der Waals surface area contributed by atoms with E-state index < -0.39 is 17.3 Å². The second-order valence-electron chi connectivity index (χ2n) is 6.13. The van der Waals surface area contributed by atoms with Crippen LogP contribution in [-0.4, -0.2) is 17.5 Å². The minimum Gasteiger partial charge on any atom is -0.460 e. The lowest BCUT2D eigenvalue weighted by molar-refractivity contribution is -0.155. The largest absolute Gasteiger partial charge is 0.460 e. The van der Waals surface area contributed by atoms with Gasteiger partial charge in [0, 0.05) is 11.8 Å². The normalized spacial score (nSPS) is 12.6. The fraction of sp³-hybridized carbons (Fsp3) is 0.471. The summed E-state index contributed by atoms with van der Waals surface area (Å²) in [5.41, 5.74) is 0.267. The fourth-order valence-electron chi connectivity index (χ4n) is 1.71. The zero-order valence-corrected chi connectivity index (χ0v) is 13.0. The van der Waals surface area contributed by atoms with E-state index in [1.807, 2.05) is 30.3 Å². The van der Waals surface area contributed by atoms with Crippen LogP contribution in [0.5, 0.6) is 0 Å². The lowest BCUT2D eigenvalue weighted by atomic mass is 9.84. The van der Waals surface area contributed by atoms with Crippen LogP contribution in [0.3, 0.4) is 0 Å². The lowest BCUT2D eigenvalue weighted by Crippen LogP contribution is -2.31. The third-order valence-corrected chi connectivity index (χ3v) is 3.23. The van der Waals surface area contributed by atoms with Crippen molar-refractivity contribution >= 4 is 17.5 Å². The molecule has 0 radical (unpaired) electrons. The van der Waals surface area contributed by atoms with Gasteiger partial charge in [-0.1, -0.05) is 51.1 Å². The number of Topliss-reactive ketones (excluding diaryl/α,β-unsaturated/α-hetero) is 2. The summed E-state index contributed by atoms with van der Waals surface area (Å²) in [6.45, 7) is 6.71. The highest BCUT2D eigenvalue weighted by atomic mass is 16.5. The SMILES string of the molecule is CC(=O)C(CC(=O)C(C)(C)C)C(=O)OCc1ccccc1. The van der Waals surface area contributed by atoms with E-state index in [-0.39, 0.29) is 24.6 Å². The summed E-state index contributed by atoms with van der Waals surface area (Å²) in [5, 5.41) is 0. The van der Waals surface area contributed by atoms with Crippen LogP contribution in [-0.2, 0) is 25.7 Å². The average Bonchev–Trinajstić information content (AvgIpc) is 2.41. The fourth-order valence-corrected chi connectivity index (χ4v) is 1.71. The predicted octanol–water partition coefficient (Wildman–Crippen LogP) is 2.94. The molecule has 1 rings (SSSR count). The first-order valence-corrected chi connectivity index (χ1v) is 6.96. The van der Waals surface area contributed by atoms with Crippen molar-refractivity contribution in [2.75, 3.05) is 0 Å². The Hall–Kier alpha value is -1.97. The summed E-state index contributed by atoms with van der Waals surface area (Å²) < 4.78 is 5.15. The number of rotatable bonds is 6. The summed E-state index contributed by atoms with van der Waals surface area (Å²) in [4.78, 5) is 35.6. The molecule has 0 N–H and O–H groups in total. The van der Waals surface area contributed by atoms with E-state index in [0.717, 1.165) is 5.56 Å². The van der Waals surface area contributed by atoms with Crippen molar-refractivity contribution in [3.8, 4) is 0 Å². The first-order valence-electron chi connectivity index (χ1n) is 6.96. The van der Waals surface area contributed by atoms with Gasteiger partial charge in [-0.2, -0.15) is 0 Å². The van der Waals surface area contributed by atoms with Crippen molar-refractivity contribution in [2.45, 2.75) is 40.7 Å². The van der Waals surface area contributed by atoms with Crippen LogP contribution in [0, 0.1) is 11.3 Å². The highest BCUT2D eigenvalue weighted by Crippen LogP contribution is 2.21. The molecule has 0 heterocycles. The molecule has 0 saturated heterocycles. The van der Waals surface area contributed by atoms with Crippen LogP contribution in [0.1, 0.15) is 39.7 Å². The number of ether oxygens (including phenoxy) is 1. The second-order valence-corrected chi connectivity index (χ2v) is 6.13. The molecule has 0 aromatic heterocycles. The topological polar surface area (TPSA) is 60.4 Å². The van der Waals surface area contributed by atoms with Gasteiger partial charge in [-0.15, -0.1) is 0 Å². The molecule has 0 aliphatic rings. The van der Waals surface area contributed by atoms with Gasteiger partial charge in [0.2, 0.25) is 0 Å². The Balaban J connectivity index is 2.66. The van der Waals surface area contributed by atoms with Gasteiger partial charge < -0.3 is 4.74 Å². The molecule has 1 atom stereocenters. The number of benzene rings is 1. The molecular formula is C17H22O4. The number of carbonyl (C=O) groups is 3. The molecule has 0 amide bonds. The summed E-state index contributed by atoms with van der Waals surface area (Å²) in [5.74, 6) is -2.12. The zero-order valence-electron chi connectivity index (χ0n) is 13.0. The molecule has 1 unspecified atom stereocenters. The van der Waals surface area contributed by atoms with E-state index in [2.05, 4.69) is 0 Å². The summed E-state index contributed by atoms with van der Waals surface area (Å²) in [6, 6.07) is 9.21. The van der Waals surface area contributed by atoms with Crippen LogP contribution in [0.25, 0.3) is 0 Å². The molecule has 4 heteroatoms. The standard InChI is InChI=1S/C17H22O4/c1-12(18)14(10-15(19)17(2,3)4)16(20)21-11-13-8-6-5-7-9-13/h5-9,14H,10-11H2,1-4H3. The van der Waals surface area contributed by atoms with E-state index in [4.69, 9.17) is 4.74 Å². The van der Waals surface area contributed by atoms with Crippen molar-refractivity contribution in [1.29, 1.82) is 0 Å². The van der Waals surface area contributed by atoms with Gasteiger partial charge >= 0.3 is 5.97 Å². The van der Waals surface area contributed by atoms with Crippen molar-refractivity contribution in [2.24, 2.45) is 11.3 Å². The summed E-state index contributed by atoms with van der Waals surface area (Å²) in [6.07, 6.45) is -0.105. The molecular weight excluding hydrogens is 268 g/mol. The number of carbonyl (C=O) groups excluding carboxylic acids is 3. The van der Waals surface area contributed by atoms with Gasteiger partial charge in [-0.25, -0.2) is 0 Å². The Labute approximate surface area is 125 Å². The van der Waals surface area contributed by atoms with Gasteiger partial charge in [0.25, 0.3) is 0 Å². The van der Waals surface area contributed by atoms with E-state index in [9.17, 15) is 14.4 Å². The number of hydrogen-bond donors (Lipinski definition) is 0. The van der Waals surface area contributed by atoms with Crippen molar-refractivity contribution in [1.82, 2.24) is 0 Å². The Morgan fingerprint density at radius 3 is 2.14 bits per heavy atom.